The van der Waals surface area contributed by atoms with Gasteiger partial charge in [-0.25, -0.2) is 0 Å². The molecule has 2 nitrogen and oxygen atoms in total. The van der Waals surface area contributed by atoms with Crippen LogP contribution in [0.25, 0.3) is 10.8 Å². The Labute approximate surface area is 103 Å². The Kier molecular flexibility index (Phi) is 4.39. The molecule has 0 saturated heterocycles. The standard InChI is InChI=1S/C15H20N2/c1-2-10-16-11-12-17-15-9-5-7-13-6-3-4-8-14(13)15/h3-9,16-17H,2,10-12H2,1H3. The fourth-order valence-electron chi connectivity index (χ4n) is 1.97. The van der Waals surface area contributed by atoms with Crippen LogP contribution >= 0.6 is 0 Å². The third-order valence-electron chi connectivity index (χ3n) is 2.83. The Balaban J connectivity index is 1.98. The van der Waals surface area contributed by atoms with Gasteiger partial charge in [0, 0.05) is 24.2 Å². The zero-order valence-electron chi connectivity index (χ0n) is 10.4. The maximum atomic E-state index is 3.48. The van der Waals surface area contributed by atoms with E-state index in [-0.39, 0.29) is 0 Å². The molecule has 0 aliphatic rings. The molecule has 0 saturated carbocycles. The summed E-state index contributed by atoms with van der Waals surface area (Å²) in [6, 6.07) is 14.9. The van der Waals surface area contributed by atoms with E-state index in [0.717, 1.165) is 19.6 Å². The van der Waals surface area contributed by atoms with Crippen LogP contribution in [0, 0.1) is 0 Å². The highest BCUT2D eigenvalue weighted by Gasteiger charge is 1.98. The molecular formula is C15H20N2. The number of nitrogens with one attached hydrogen (secondary N) is 2. The lowest BCUT2D eigenvalue weighted by Crippen LogP contribution is -2.22. The summed E-state index contributed by atoms with van der Waals surface area (Å²) in [5, 5.41) is 9.46. The van der Waals surface area contributed by atoms with Gasteiger partial charge in [0.15, 0.2) is 0 Å². The van der Waals surface area contributed by atoms with E-state index in [1.807, 2.05) is 0 Å². The minimum Gasteiger partial charge on any atom is -0.383 e. The summed E-state index contributed by atoms with van der Waals surface area (Å²) in [5.74, 6) is 0. The molecule has 0 amide bonds. The normalized spacial score (nSPS) is 10.6. The Morgan fingerprint density at radius 3 is 2.59 bits per heavy atom. The van der Waals surface area contributed by atoms with Gasteiger partial charge in [0.1, 0.15) is 0 Å². The van der Waals surface area contributed by atoms with Gasteiger partial charge in [0.2, 0.25) is 0 Å². The predicted octanol–water partition coefficient (Wildman–Crippen LogP) is 3.25. The van der Waals surface area contributed by atoms with Gasteiger partial charge in [0.05, 0.1) is 0 Å². The van der Waals surface area contributed by atoms with Crippen LogP contribution in [0.4, 0.5) is 5.69 Å². The zero-order valence-corrected chi connectivity index (χ0v) is 10.4. The third kappa shape index (κ3) is 3.21. The molecular weight excluding hydrogens is 208 g/mol. The first kappa shape index (κ1) is 11.9. The van der Waals surface area contributed by atoms with Crippen molar-refractivity contribution in [3.63, 3.8) is 0 Å². The SMILES string of the molecule is CCCNCCNc1cccc2ccccc12. The summed E-state index contributed by atoms with van der Waals surface area (Å²) >= 11 is 0. The van der Waals surface area contributed by atoms with Crippen molar-refractivity contribution in [2.45, 2.75) is 13.3 Å². The van der Waals surface area contributed by atoms with Crippen LogP contribution in [0.5, 0.6) is 0 Å². The van der Waals surface area contributed by atoms with Crippen LogP contribution in [-0.2, 0) is 0 Å². The topological polar surface area (TPSA) is 24.1 Å². The lowest BCUT2D eigenvalue weighted by Gasteiger charge is -2.10. The van der Waals surface area contributed by atoms with E-state index in [1.54, 1.807) is 0 Å². The first-order valence-electron chi connectivity index (χ1n) is 6.34. The van der Waals surface area contributed by atoms with Gasteiger partial charge in [-0.3, -0.25) is 0 Å². The zero-order chi connectivity index (χ0) is 11.9. The van der Waals surface area contributed by atoms with Gasteiger partial charge in [-0.1, -0.05) is 43.3 Å². The molecule has 0 aromatic heterocycles. The van der Waals surface area contributed by atoms with E-state index >= 15 is 0 Å². The first-order chi connectivity index (χ1) is 8.42. The van der Waals surface area contributed by atoms with E-state index < -0.39 is 0 Å². The van der Waals surface area contributed by atoms with E-state index in [4.69, 9.17) is 0 Å². The van der Waals surface area contributed by atoms with Crippen LogP contribution in [-0.4, -0.2) is 19.6 Å². The highest BCUT2D eigenvalue weighted by molar-refractivity contribution is 5.93. The second kappa shape index (κ2) is 6.26. The third-order valence-corrected chi connectivity index (χ3v) is 2.83. The van der Waals surface area contributed by atoms with Crippen molar-refractivity contribution in [3.05, 3.63) is 42.5 Å². The largest absolute Gasteiger partial charge is 0.383 e. The average Bonchev–Trinajstić information content (AvgIpc) is 2.39. The monoisotopic (exact) mass is 228 g/mol. The predicted molar refractivity (Wildman–Crippen MR) is 75.6 cm³/mol. The Bertz CT molecular complexity index is 460. The molecule has 0 aliphatic carbocycles. The Hall–Kier alpha value is -1.54. The van der Waals surface area contributed by atoms with Crippen molar-refractivity contribution in [2.75, 3.05) is 25.0 Å². The smallest absolute Gasteiger partial charge is 0.0420 e. The quantitative estimate of drug-likeness (QED) is 0.742. The van der Waals surface area contributed by atoms with E-state index in [1.165, 1.54) is 22.9 Å². The van der Waals surface area contributed by atoms with Crippen molar-refractivity contribution < 1.29 is 0 Å². The van der Waals surface area contributed by atoms with Crippen LogP contribution in [0.2, 0.25) is 0 Å². The van der Waals surface area contributed by atoms with Gasteiger partial charge in [-0.05, 0) is 24.4 Å². The number of fused-ring (bicyclic) bond motifs is 1. The van der Waals surface area contributed by atoms with Crippen LogP contribution < -0.4 is 10.6 Å². The molecule has 0 heterocycles. The van der Waals surface area contributed by atoms with Crippen molar-refractivity contribution >= 4 is 16.5 Å². The molecule has 0 unspecified atom stereocenters. The highest BCUT2D eigenvalue weighted by Crippen LogP contribution is 2.22. The molecule has 90 valence electrons. The van der Waals surface area contributed by atoms with Gasteiger partial charge >= 0.3 is 0 Å². The minimum absolute atomic E-state index is 0.966. The fraction of sp³-hybridized carbons (Fsp3) is 0.333. The van der Waals surface area contributed by atoms with E-state index in [0.29, 0.717) is 0 Å². The molecule has 2 heteroatoms. The average molecular weight is 228 g/mol. The summed E-state index contributed by atoms with van der Waals surface area (Å²) in [4.78, 5) is 0. The Morgan fingerprint density at radius 1 is 0.882 bits per heavy atom. The van der Waals surface area contributed by atoms with E-state index in [9.17, 15) is 0 Å². The van der Waals surface area contributed by atoms with Gasteiger partial charge in [-0.15, -0.1) is 0 Å². The summed E-state index contributed by atoms with van der Waals surface area (Å²) in [6.07, 6.45) is 1.19. The summed E-state index contributed by atoms with van der Waals surface area (Å²) in [5.41, 5.74) is 1.22. The first-order valence-corrected chi connectivity index (χ1v) is 6.34. The number of benzene rings is 2. The molecule has 2 rings (SSSR count). The molecule has 0 radical (unpaired) electrons. The van der Waals surface area contributed by atoms with Gasteiger partial charge < -0.3 is 10.6 Å². The Morgan fingerprint density at radius 2 is 1.71 bits per heavy atom. The molecule has 0 aliphatic heterocycles. The second-order valence-electron chi connectivity index (χ2n) is 4.20. The molecule has 2 aromatic carbocycles. The molecule has 0 fully saturated rings. The van der Waals surface area contributed by atoms with E-state index in [2.05, 4.69) is 60.0 Å². The summed E-state index contributed by atoms with van der Waals surface area (Å²) < 4.78 is 0. The molecule has 2 N–H and O–H groups in total. The molecule has 17 heavy (non-hydrogen) atoms. The highest BCUT2D eigenvalue weighted by atomic mass is 14.9. The summed E-state index contributed by atoms with van der Waals surface area (Å²) in [6.45, 7) is 5.26. The number of rotatable bonds is 6. The van der Waals surface area contributed by atoms with Crippen LogP contribution in [0.15, 0.2) is 42.5 Å². The van der Waals surface area contributed by atoms with Crippen molar-refractivity contribution in [2.24, 2.45) is 0 Å². The maximum absolute atomic E-state index is 3.48. The second-order valence-corrected chi connectivity index (χ2v) is 4.20. The summed E-state index contributed by atoms with van der Waals surface area (Å²) in [7, 11) is 0. The molecule has 2 aromatic rings. The fourth-order valence-corrected chi connectivity index (χ4v) is 1.97. The number of anilines is 1. The number of hydrogen-bond donors (Lipinski definition) is 2. The van der Waals surface area contributed by atoms with Crippen molar-refractivity contribution in [1.82, 2.24) is 5.32 Å². The molecule has 0 atom stereocenters. The molecule has 0 bridgehead atoms. The lowest BCUT2D eigenvalue weighted by molar-refractivity contribution is 0.688. The maximum Gasteiger partial charge on any atom is 0.0420 e. The van der Waals surface area contributed by atoms with Crippen LogP contribution in [0.1, 0.15) is 13.3 Å². The minimum atomic E-state index is 0.966. The van der Waals surface area contributed by atoms with Crippen LogP contribution in [0.3, 0.4) is 0 Å². The number of hydrogen-bond acceptors (Lipinski definition) is 2. The lowest BCUT2D eigenvalue weighted by atomic mass is 10.1. The van der Waals surface area contributed by atoms with Crippen molar-refractivity contribution in [3.8, 4) is 0 Å². The van der Waals surface area contributed by atoms with Crippen molar-refractivity contribution in [1.29, 1.82) is 0 Å². The van der Waals surface area contributed by atoms with Gasteiger partial charge in [0.25, 0.3) is 0 Å². The molecule has 0 spiro atoms. The van der Waals surface area contributed by atoms with Gasteiger partial charge in [-0.2, -0.15) is 0 Å².